The first kappa shape index (κ1) is 10.5. The summed E-state index contributed by atoms with van der Waals surface area (Å²) in [6.07, 6.45) is 4.75. The summed E-state index contributed by atoms with van der Waals surface area (Å²) in [5.41, 5.74) is 0.562. The Bertz CT molecular complexity index is 176. The van der Waals surface area contributed by atoms with E-state index in [-0.39, 0.29) is 0 Å². The lowest BCUT2D eigenvalue weighted by molar-refractivity contribution is -0.137. The molecule has 0 aromatic rings. The van der Waals surface area contributed by atoms with Gasteiger partial charge in [0, 0.05) is 13.0 Å². The van der Waals surface area contributed by atoms with Crippen LogP contribution >= 0.6 is 0 Å². The highest BCUT2D eigenvalue weighted by Gasteiger charge is 2.36. The van der Waals surface area contributed by atoms with Gasteiger partial charge in [0.2, 0.25) is 0 Å². The molecular weight excluding hydrogens is 166 g/mol. The minimum absolute atomic E-state index is 0.305. The fraction of sp³-hybridized carbons (Fsp3) is 0.900. The molecule has 1 aliphatic rings. The Balaban J connectivity index is 1.81. The van der Waals surface area contributed by atoms with Crippen molar-refractivity contribution in [3.05, 3.63) is 0 Å². The minimum Gasteiger partial charge on any atom is -0.481 e. The number of aliphatic carboxylic acids is 1. The lowest BCUT2D eigenvalue weighted by atomic mass is 10.1. The van der Waals surface area contributed by atoms with Crippen LogP contribution in [0.3, 0.4) is 0 Å². The molecule has 0 atom stereocenters. The monoisotopic (exact) mass is 185 g/mol. The normalized spacial score (nSPS) is 18.5. The molecule has 13 heavy (non-hydrogen) atoms. The summed E-state index contributed by atoms with van der Waals surface area (Å²) in [4.78, 5) is 10.2. The molecule has 0 unspecified atom stereocenters. The third-order valence-corrected chi connectivity index (χ3v) is 2.65. The molecule has 76 valence electrons. The maximum absolute atomic E-state index is 10.2. The zero-order chi connectivity index (χ0) is 9.73. The van der Waals surface area contributed by atoms with Gasteiger partial charge in [-0.25, -0.2) is 0 Å². The Morgan fingerprint density at radius 2 is 2.15 bits per heavy atom. The third kappa shape index (κ3) is 4.88. The Kier molecular flexibility index (Phi) is 3.72. The maximum atomic E-state index is 10.2. The van der Waals surface area contributed by atoms with Gasteiger partial charge in [-0.05, 0) is 37.6 Å². The molecular formula is C10H19NO2. The van der Waals surface area contributed by atoms with Crippen molar-refractivity contribution in [1.82, 2.24) is 5.32 Å². The number of rotatable bonds is 7. The highest BCUT2D eigenvalue weighted by Crippen LogP contribution is 2.43. The van der Waals surface area contributed by atoms with E-state index >= 15 is 0 Å². The molecule has 0 radical (unpaired) electrons. The van der Waals surface area contributed by atoms with E-state index in [9.17, 15) is 4.79 Å². The van der Waals surface area contributed by atoms with Gasteiger partial charge in [0.15, 0.2) is 0 Å². The van der Waals surface area contributed by atoms with E-state index in [0.29, 0.717) is 11.8 Å². The van der Waals surface area contributed by atoms with Crippen molar-refractivity contribution in [3.8, 4) is 0 Å². The molecule has 0 aromatic heterocycles. The van der Waals surface area contributed by atoms with Crippen molar-refractivity contribution >= 4 is 5.97 Å². The van der Waals surface area contributed by atoms with Crippen molar-refractivity contribution in [2.75, 3.05) is 13.1 Å². The number of nitrogens with one attached hydrogen (secondary N) is 1. The van der Waals surface area contributed by atoms with Gasteiger partial charge in [-0.1, -0.05) is 6.92 Å². The highest BCUT2D eigenvalue weighted by atomic mass is 16.4. The minimum atomic E-state index is -0.686. The predicted molar refractivity (Wildman–Crippen MR) is 51.7 cm³/mol. The molecule has 0 amide bonds. The molecule has 3 heteroatoms. The number of carboxylic acid groups (broad SMARTS) is 1. The summed E-state index contributed by atoms with van der Waals surface area (Å²) in [5, 5.41) is 11.8. The van der Waals surface area contributed by atoms with E-state index in [1.54, 1.807) is 0 Å². The van der Waals surface area contributed by atoms with Crippen LogP contribution in [0.5, 0.6) is 0 Å². The molecule has 0 spiro atoms. The fourth-order valence-corrected chi connectivity index (χ4v) is 1.31. The van der Waals surface area contributed by atoms with Crippen molar-refractivity contribution in [3.63, 3.8) is 0 Å². The van der Waals surface area contributed by atoms with Gasteiger partial charge in [-0.3, -0.25) is 4.79 Å². The SMILES string of the molecule is CC1(CNCCCCC(=O)O)CC1. The van der Waals surface area contributed by atoms with Gasteiger partial charge < -0.3 is 10.4 Å². The van der Waals surface area contributed by atoms with E-state index in [4.69, 9.17) is 5.11 Å². The Morgan fingerprint density at radius 1 is 1.46 bits per heavy atom. The van der Waals surface area contributed by atoms with Crippen LogP contribution in [0.1, 0.15) is 39.0 Å². The van der Waals surface area contributed by atoms with Crippen LogP contribution < -0.4 is 5.32 Å². The van der Waals surface area contributed by atoms with Gasteiger partial charge in [-0.15, -0.1) is 0 Å². The molecule has 0 bridgehead atoms. The lowest BCUT2D eigenvalue weighted by Crippen LogP contribution is -2.23. The number of carbonyl (C=O) groups is 1. The second-order valence-corrected chi connectivity index (χ2v) is 4.34. The Hall–Kier alpha value is -0.570. The average Bonchev–Trinajstić information content (AvgIpc) is 2.76. The molecule has 1 aliphatic carbocycles. The van der Waals surface area contributed by atoms with Crippen molar-refractivity contribution < 1.29 is 9.90 Å². The molecule has 0 saturated heterocycles. The number of carboxylic acids is 1. The quantitative estimate of drug-likeness (QED) is 0.593. The zero-order valence-electron chi connectivity index (χ0n) is 8.31. The topological polar surface area (TPSA) is 49.3 Å². The Morgan fingerprint density at radius 3 is 2.69 bits per heavy atom. The smallest absolute Gasteiger partial charge is 0.303 e. The van der Waals surface area contributed by atoms with Crippen LogP contribution in [0.4, 0.5) is 0 Å². The second kappa shape index (κ2) is 4.61. The maximum Gasteiger partial charge on any atom is 0.303 e. The van der Waals surface area contributed by atoms with Crippen molar-refractivity contribution in [1.29, 1.82) is 0 Å². The molecule has 1 rings (SSSR count). The van der Waals surface area contributed by atoms with Gasteiger partial charge in [0.25, 0.3) is 0 Å². The van der Waals surface area contributed by atoms with Crippen molar-refractivity contribution in [2.45, 2.75) is 39.0 Å². The standard InChI is InChI=1S/C10H19NO2/c1-10(5-6-10)8-11-7-3-2-4-9(12)13/h11H,2-8H2,1H3,(H,12,13). The van der Waals surface area contributed by atoms with E-state index in [2.05, 4.69) is 12.2 Å². The van der Waals surface area contributed by atoms with E-state index in [1.807, 2.05) is 0 Å². The summed E-state index contributed by atoms with van der Waals surface area (Å²) < 4.78 is 0. The number of hydrogen-bond donors (Lipinski definition) is 2. The molecule has 2 N–H and O–H groups in total. The van der Waals surface area contributed by atoms with E-state index in [0.717, 1.165) is 25.9 Å². The van der Waals surface area contributed by atoms with Crippen LogP contribution in [-0.4, -0.2) is 24.2 Å². The third-order valence-electron chi connectivity index (χ3n) is 2.65. The van der Waals surface area contributed by atoms with Crippen molar-refractivity contribution in [2.24, 2.45) is 5.41 Å². The summed E-state index contributed by atoms with van der Waals surface area (Å²) in [6, 6.07) is 0. The molecule has 1 saturated carbocycles. The Labute approximate surface area is 79.5 Å². The number of hydrogen-bond acceptors (Lipinski definition) is 2. The first-order valence-electron chi connectivity index (χ1n) is 5.05. The summed E-state index contributed by atoms with van der Waals surface area (Å²) in [7, 11) is 0. The number of unbranched alkanes of at least 4 members (excludes halogenated alkanes) is 1. The highest BCUT2D eigenvalue weighted by molar-refractivity contribution is 5.66. The van der Waals surface area contributed by atoms with Crippen LogP contribution in [0.15, 0.2) is 0 Å². The average molecular weight is 185 g/mol. The van der Waals surface area contributed by atoms with Crippen LogP contribution in [-0.2, 0) is 4.79 Å². The lowest BCUT2D eigenvalue weighted by Gasteiger charge is -2.08. The molecule has 0 aromatic carbocycles. The molecule has 0 heterocycles. The predicted octanol–water partition coefficient (Wildman–Crippen LogP) is 1.63. The second-order valence-electron chi connectivity index (χ2n) is 4.34. The van der Waals surface area contributed by atoms with Gasteiger partial charge >= 0.3 is 5.97 Å². The largest absolute Gasteiger partial charge is 0.481 e. The molecule has 0 aliphatic heterocycles. The van der Waals surface area contributed by atoms with Gasteiger partial charge in [0.05, 0.1) is 0 Å². The first-order chi connectivity index (χ1) is 6.12. The fourth-order valence-electron chi connectivity index (χ4n) is 1.31. The van der Waals surface area contributed by atoms with E-state index in [1.165, 1.54) is 12.8 Å². The van der Waals surface area contributed by atoms with Crippen LogP contribution in [0, 0.1) is 5.41 Å². The van der Waals surface area contributed by atoms with Crippen LogP contribution in [0.25, 0.3) is 0 Å². The zero-order valence-corrected chi connectivity index (χ0v) is 8.31. The summed E-state index contributed by atoms with van der Waals surface area (Å²) in [6.45, 7) is 4.35. The first-order valence-corrected chi connectivity index (χ1v) is 5.05. The van der Waals surface area contributed by atoms with Gasteiger partial charge in [-0.2, -0.15) is 0 Å². The molecule has 3 nitrogen and oxygen atoms in total. The van der Waals surface area contributed by atoms with Gasteiger partial charge in [0.1, 0.15) is 0 Å². The van der Waals surface area contributed by atoms with E-state index < -0.39 is 5.97 Å². The van der Waals surface area contributed by atoms with Crippen LogP contribution in [0.2, 0.25) is 0 Å². The summed E-state index contributed by atoms with van der Waals surface area (Å²) >= 11 is 0. The summed E-state index contributed by atoms with van der Waals surface area (Å²) in [5.74, 6) is -0.686. The molecule has 1 fully saturated rings.